The van der Waals surface area contributed by atoms with Crippen molar-refractivity contribution in [1.29, 1.82) is 0 Å². The van der Waals surface area contributed by atoms with Gasteiger partial charge in [0.2, 0.25) is 5.91 Å². The normalized spacial score (nSPS) is 10.4. The Hall–Kier alpha value is -2.22. The minimum Gasteiger partial charge on any atom is -0.497 e. The first-order valence-electron chi connectivity index (χ1n) is 6.55. The van der Waals surface area contributed by atoms with Crippen LogP contribution in [0.3, 0.4) is 0 Å². The number of carbonyl (C=O) groups excluding carboxylic acids is 1. The second-order valence-corrected chi connectivity index (χ2v) is 5.47. The number of hydrogen-bond acceptors (Lipinski definition) is 6. The van der Waals surface area contributed by atoms with Crippen molar-refractivity contribution < 1.29 is 14.3 Å². The summed E-state index contributed by atoms with van der Waals surface area (Å²) in [4.78, 5) is 12.0. The van der Waals surface area contributed by atoms with Crippen LogP contribution >= 0.6 is 11.8 Å². The average molecular weight is 322 g/mol. The monoisotopic (exact) mass is 322 g/mol. The fourth-order valence-electron chi connectivity index (χ4n) is 1.72. The van der Waals surface area contributed by atoms with E-state index in [1.54, 1.807) is 32.4 Å². The lowest BCUT2D eigenvalue weighted by molar-refractivity contribution is -0.113. The summed E-state index contributed by atoms with van der Waals surface area (Å²) >= 11 is 1.33. The first kappa shape index (κ1) is 16.2. The van der Waals surface area contributed by atoms with Crippen LogP contribution in [-0.2, 0) is 11.8 Å². The third-order valence-corrected chi connectivity index (χ3v) is 4.04. The van der Waals surface area contributed by atoms with Crippen molar-refractivity contribution in [2.45, 2.75) is 12.1 Å². The molecule has 1 amide bonds. The van der Waals surface area contributed by atoms with E-state index in [0.29, 0.717) is 22.3 Å². The summed E-state index contributed by atoms with van der Waals surface area (Å²) in [5.41, 5.74) is 0.621. The van der Waals surface area contributed by atoms with Crippen molar-refractivity contribution in [3.8, 4) is 11.5 Å². The highest BCUT2D eigenvalue weighted by Crippen LogP contribution is 2.26. The molecule has 1 heterocycles. The van der Waals surface area contributed by atoms with Crippen molar-refractivity contribution in [2.24, 2.45) is 7.05 Å². The van der Waals surface area contributed by atoms with Crippen LogP contribution in [0, 0.1) is 6.92 Å². The lowest BCUT2D eigenvalue weighted by atomic mass is 10.2. The SMILES string of the molecule is COc1cc(NC(=O)CSc2nnc(C)n2C)cc(OC)c1. The first-order valence-corrected chi connectivity index (χ1v) is 7.53. The molecule has 0 aliphatic carbocycles. The Kier molecular flexibility index (Phi) is 5.26. The van der Waals surface area contributed by atoms with E-state index in [2.05, 4.69) is 15.5 Å². The lowest BCUT2D eigenvalue weighted by Gasteiger charge is -2.09. The first-order chi connectivity index (χ1) is 10.5. The van der Waals surface area contributed by atoms with Gasteiger partial charge < -0.3 is 19.4 Å². The van der Waals surface area contributed by atoms with Gasteiger partial charge in [-0.2, -0.15) is 0 Å². The number of methoxy groups -OCH3 is 2. The highest BCUT2D eigenvalue weighted by Gasteiger charge is 2.10. The quantitative estimate of drug-likeness (QED) is 0.818. The Labute approximate surface area is 133 Å². The molecule has 2 aromatic rings. The molecule has 0 radical (unpaired) electrons. The molecule has 2 rings (SSSR count). The van der Waals surface area contributed by atoms with Crippen molar-refractivity contribution in [3.63, 3.8) is 0 Å². The summed E-state index contributed by atoms with van der Waals surface area (Å²) in [6.45, 7) is 1.86. The molecule has 0 spiro atoms. The van der Waals surface area contributed by atoms with E-state index >= 15 is 0 Å². The fourth-order valence-corrected chi connectivity index (χ4v) is 2.48. The Balaban J connectivity index is 1.98. The van der Waals surface area contributed by atoms with E-state index in [4.69, 9.17) is 9.47 Å². The average Bonchev–Trinajstić information content (AvgIpc) is 2.84. The van der Waals surface area contributed by atoms with Crippen LogP contribution in [0.1, 0.15) is 5.82 Å². The summed E-state index contributed by atoms with van der Waals surface area (Å²) < 4.78 is 12.2. The molecule has 7 nitrogen and oxygen atoms in total. The van der Waals surface area contributed by atoms with E-state index in [0.717, 1.165) is 5.82 Å². The number of nitrogens with zero attached hydrogens (tertiary/aromatic N) is 3. The highest BCUT2D eigenvalue weighted by atomic mass is 32.2. The predicted molar refractivity (Wildman–Crippen MR) is 84.6 cm³/mol. The summed E-state index contributed by atoms with van der Waals surface area (Å²) in [6.07, 6.45) is 0. The molecule has 1 aromatic carbocycles. The van der Waals surface area contributed by atoms with Gasteiger partial charge in [-0.3, -0.25) is 4.79 Å². The molecule has 0 unspecified atom stereocenters. The molecule has 1 aromatic heterocycles. The van der Waals surface area contributed by atoms with Gasteiger partial charge in [-0.15, -0.1) is 10.2 Å². The van der Waals surface area contributed by atoms with Gasteiger partial charge >= 0.3 is 0 Å². The topological polar surface area (TPSA) is 78.3 Å². The highest BCUT2D eigenvalue weighted by molar-refractivity contribution is 7.99. The van der Waals surface area contributed by atoms with Gasteiger partial charge in [0.1, 0.15) is 17.3 Å². The molecule has 0 atom stereocenters. The van der Waals surface area contributed by atoms with Gasteiger partial charge in [-0.25, -0.2) is 0 Å². The second-order valence-electron chi connectivity index (χ2n) is 4.53. The number of rotatable bonds is 6. The summed E-state index contributed by atoms with van der Waals surface area (Å²) in [6, 6.07) is 5.21. The number of ether oxygens (including phenoxy) is 2. The molecular formula is C14H18N4O3S. The zero-order chi connectivity index (χ0) is 16.1. The Morgan fingerprint density at radius 2 is 1.86 bits per heavy atom. The Morgan fingerprint density at radius 1 is 1.23 bits per heavy atom. The lowest BCUT2D eigenvalue weighted by Crippen LogP contribution is -2.14. The molecule has 1 N–H and O–H groups in total. The Bertz CT molecular complexity index is 650. The molecule has 8 heteroatoms. The third kappa shape index (κ3) is 3.91. The van der Waals surface area contributed by atoms with Gasteiger partial charge in [-0.1, -0.05) is 11.8 Å². The molecular weight excluding hydrogens is 304 g/mol. The second kappa shape index (κ2) is 7.17. The number of aryl methyl sites for hydroxylation is 1. The van der Waals surface area contributed by atoms with Crippen molar-refractivity contribution in [2.75, 3.05) is 25.3 Å². The summed E-state index contributed by atoms with van der Waals surface area (Å²) in [7, 11) is 4.99. The molecule has 0 saturated carbocycles. The van der Waals surface area contributed by atoms with E-state index in [-0.39, 0.29) is 11.7 Å². The third-order valence-electron chi connectivity index (χ3n) is 3.02. The van der Waals surface area contributed by atoms with Gasteiger partial charge in [-0.05, 0) is 6.92 Å². The molecule has 0 bridgehead atoms. The number of carbonyl (C=O) groups is 1. The standard InChI is InChI=1S/C14H18N4O3S/c1-9-16-17-14(18(9)2)22-8-13(19)15-10-5-11(20-3)7-12(6-10)21-4/h5-7H,8H2,1-4H3,(H,15,19). The van der Waals surface area contributed by atoms with Gasteiger partial charge in [0.25, 0.3) is 0 Å². The van der Waals surface area contributed by atoms with Crippen molar-refractivity contribution >= 4 is 23.4 Å². The number of amides is 1. The van der Waals surface area contributed by atoms with Crippen molar-refractivity contribution in [3.05, 3.63) is 24.0 Å². The van der Waals surface area contributed by atoms with Crippen molar-refractivity contribution in [1.82, 2.24) is 14.8 Å². The zero-order valence-corrected chi connectivity index (χ0v) is 13.7. The number of anilines is 1. The predicted octanol–water partition coefficient (Wildman–Crippen LogP) is 1.87. The van der Waals surface area contributed by atoms with Crippen LogP contribution in [-0.4, -0.2) is 40.6 Å². The molecule has 0 aliphatic heterocycles. The smallest absolute Gasteiger partial charge is 0.234 e. The number of thioether (sulfide) groups is 1. The number of nitrogens with one attached hydrogen (secondary N) is 1. The maximum Gasteiger partial charge on any atom is 0.234 e. The molecule has 118 valence electrons. The number of benzene rings is 1. The van der Waals surface area contributed by atoms with Gasteiger partial charge in [0.05, 0.1) is 20.0 Å². The van der Waals surface area contributed by atoms with Crippen LogP contribution in [0.25, 0.3) is 0 Å². The van der Waals surface area contributed by atoms with E-state index in [1.807, 2.05) is 18.5 Å². The molecule has 22 heavy (non-hydrogen) atoms. The summed E-state index contributed by atoms with van der Waals surface area (Å²) in [5, 5.41) is 11.5. The fraction of sp³-hybridized carbons (Fsp3) is 0.357. The number of aromatic nitrogens is 3. The van der Waals surface area contributed by atoms with Crippen LogP contribution in [0.4, 0.5) is 5.69 Å². The van der Waals surface area contributed by atoms with Gasteiger partial charge in [0.15, 0.2) is 5.16 Å². The minimum absolute atomic E-state index is 0.138. The van der Waals surface area contributed by atoms with E-state index < -0.39 is 0 Å². The minimum atomic E-state index is -0.138. The van der Waals surface area contributed by atoms with Crippen LogP contribution in [0.5, 0.6) is 11.5 Å². The number of hydrogen-bond donors (Lipinski definition) is 1. The van der Waals surface area contributed by atoms with Crippen LogP contribution < -0.4 is 14.8 Å². The Morgan fingerprint density at radius 3 is 2.36 bits per heavy atom. The molecule has 0 saturated heterocycles. The summed E-state index contributed by atoms with van der Waals surface area (Å²) in [5.74, 6) is 2.14. The molecule has 0 aliphatic rings. The van der Waals surface area contributed by atoms with E-state index in [1.165, 1.54) is 11.8 Å². The largest absolute Gasteiger partial charge is 0.497 e. The van der Waals surface area contributed by atoms with Crippen LogP contribution in [0.15, 0.2) is 23.4 Å². The van der Waals surface area contributed by atoms with Crippen LogP contribution in [0.2, 0.25) is 0 Å². The zero-order valence-electron chi connectivity index (χ0n) is 12.9. The maximum atomic E-state index is 12.0. The van der Waals surface area contributed by atoms with Gasteiger partial charge in [0, 0.05) is 30.9 Å². The molecule has 0 fully saturated rings. The maximum absolute atomic E-state index is 12.0. The van der Waals surface area contributed by atoms with E-state index in [9.17, 15) is 4.79 Å².